The fourth-order valence-corrected chi connectivity index (χ4v) is 5.06. The van der Waals surface area contributed by atoms with E-state index in [2.05, 4.69) is 15.1 Å². The van der Waals surface area contributed by atoms with Crippen molar-refractivity contribution in [1.29, 1.82) is 0 Å². The van der Waals surface area contributed by atoms with Crippen molar-refractivity contribution in [3.05, 3.63) is 30.1 Å². The summed E-state index contributed by atoms with van der Waals surface area (Å²) in [4.78, 5) is 16.8. The first-order valence-corrected chi connectivity index (χ1v) is 11.0. The van der Waals surface area contributed by atoms with E-state index >= 15 is 0 Å². The molecule has 1 aromatic rings. The van der Waals surface area contributed by atoms with Gasteiger partial charge in [0.15, 0.2) is 0 Å². The van der Waals surface area contributed by atoms with Crippen molar-refractivity contribution in [3.8, 4) is 0 Å². The lowest BCUT2D eigenvalue weighted by atomic mass is 10.0. The van der Waals surface area contributed by atoms with E-state index in [1.807, 2.05) is 0 Å². The first-order valence-electron chi connectivity index (χ1n) is 11.0. The Kier molecular flexibility index (Phi) is 6.87. The van der Waals surface area contributed by atoms with Gasteiger partial charge in [-0.05, 0) is 37.1 Å². The van der Waals surface area contributed by atoms with Gasteiger partial charge in [-0.25, -0.2) is 4.39 Å². The van der Waals surface area contributed by atoms with Crippen molar-refractivity contribution < 1.29 is 24.1 Å². The molecular weight excluding hydrogens is 389 g/mol. The van der Waals surface area contributed by atoms with Crippen LogP contribution in [0.2, 0.25) is 0 Å². The first-order chi connectivity index (χ1) is 14.6. The van der Waals surface area contributed by atoms with Crippen LogP contribution in [0.15, 0.2) is 24.3 Å². The van der Waals surface area contributed by atoms with Crippen LogP contribution in [0, 0.1) is 11.7 Å². The van der Waals surface area contributed by atoms with Crippen molar-refractivity contribution in [2.24, 2.45) is 5.92 Å². The Morgan fingerprint density at radius 2 is 1.77 bits per heavy atom. The summed E-state index contributed by atoms with van der Waals surface area (Å²) >= 11 is 0. The Balaban J connectivity index is 1.36. The molecular formula is C22H32FN3O4. The van der Waals surface area contributed by atoms with Crippen LogP contribution in [0.25, 0.3) is 0 Å². The summed E-state index contributed by atoms with van der Waals surface area (Å²) in [6, 6.07) is 6.21. The minimum absolute atomic E-state index is 0.0675. The zero-order chi connectivity index (χ0) is 21.1. The number of aliphatic hydroxyl groups excluding tert-OH is 2. The molecule has 0 spiro atoms. The molecule has 1 amide bonds. The molecule has 1 aromatic carbocycles. The highest BCUT2D eigenvalue weighted by Gasteiger charge is 2.47. The van der Waals surface area contributed by atoms with Gasteiger partial charge in [-0.2, -0.15) is 0 Å². The van der Waals surface area contributed by atoms with Crippen LogP contribution >= 0.6 is 0 Å². The number of hydrogen-bond donors (Lipinski definition) is 3. The van der Waals surface area contributed by atoms with Crippen LogP contribution in [0.5, 0.6) is 0 Å². The lowest BCUT2D eigenvalue weighted by molar-refractivity contribution is -0.125. The lowest BCUT2D eigenvalue weighted by Crippen LogP contribution is -2.57. The van der Waals surface area contributed by atoms with Gasteiger partial charge in [0, 0.05) is 44.3 Å². The molecule has 3 aliphatic rings. The summed E-state index contributed by atoms with van der Waals surface area (Å²) in [7, 11) is 0. The summed E-state index contributed by atoms with van der Waals surface area (Å²) < 4.78 is 19.1. The lowest BCUT2D eigenvalue weighted by Gasteiger charge is -2.41. The second-order valence-electron chi connectivity index (χ2n) is 8.60. The highest BCUT2D eigenvalue weighted by atomic mass is 19.1. The zero-order valence-electron chi connectivity index (χ0n) is 17.3. The molecule has 3 N–H and O–H groups in total. The Hall–Kier alpha value is -1.74. The zero-order valence-corrected chi connectivity index (χ0v) is 17.3. The van der Waals surface area contributed by atoms with Crippen molar-refractivity contribution in [1.82, 2.24) is 10.2 Å². The smallest absolute Gasteiger partial charge is 0.223 e. The van der Waals surface area contributed by atoms with Gasteiger partial charge in [-0.3, -0.25) is 9.69 Å². The first kappa shape index (κ1) is 21.5. The van der Waals surface area contributed by atoms with Gasteiger partial charge in [0.1, 0.15) is 18.0 Å². The molecule has 0 bridgehead atoms. The van der Waals surface area contributed by atoms with E-state index < -0.39 is 12.2 Å². The average Bonchev–Trinajstić information content (AvgIpc) is 3.41. The molecule has 4 rings (SSSR count). The summed E-state index contributed by atoms with van der Waals surface area (Å²) in [6.07, 6.45) is 2.27. The average molecular weight is 422 g/mol. The van der Waals surface area contributed by atoms with Crippen LogP contribution in [0.3, 0.4) is 0 Å². The van der Waals surface area contributed by atoms with Crippen molar-refractivity contribution in [2.75, 3.05) is 44.2 Å². The molecule has 4 unspecified atom stereocenters. The molecule has 1 aliphatic carbocycles. The Morgan fingerprint density at radius 3 is 2.40 bits per heavy atom. The van der Waals surface area contributed by atoms with Crippen LogP contribution in [0.1, 0.15) is 25.7 Å². The van der Waals surface area contributed by atoms with E-state index in [1.165, 1.54) is 12.1 Å². The molecule has 1 saturated carbocycles. The summed E-state index contributed by atoms with van der Waals surface area (Å²) in [5, 5.41) is 23.4. The number of nitrogens with one attached hydrogen (secondary N) is 1. The van der Waals surface area contributed by atoms with Gasteiger partial charge in [0.2, 0.25) is 5.91 Å². The van der Waals surface area contributed by atoms with E-state index in [4.69, 9.17) is 4.74 Å². The topological polar surface area (TPSA) is 85.3 Å². The molecule has 2 aliphatic heterocycles. The molecule has 166 valence electrons. The van der Waals surface area contributed by atoms with Gasteiger partial charge in [0.05, 0.1) is 18.8 Å². The monoisotopic (exact) mass is 421 g/mol. The number of carbonyl (C=O) groups is 1. The van der Waals surface area contributed by atoms with E-state index in [1.54, 1.807) is 12.1 Å². The number of anilines is 1. The minimum atomic E-state index is -0.805. The molecule has 0 aromatic heterocycles. The van der Waals surface area contributed by atoms with Crippen LogP contribution < -0.4 is 10.2 Å². The maximum Gasteiger partial charge on any atom is 0.223 e. The molecule has 3 fully saturated rings. The number of ether oxygens (including phenoxy) is 1. The third-order valence-corrected chi connectivity index (χ3v) is 6.77. The van der Waals surface area contributed by atoms with E-state index in [0.717, 1.165) is 44.5 Å². The number of nitrogens with zero attached hydrogens (tertiary/aromatic N) is 2. The van der Waals surface area contributed by atoms with Crippen LogP contribution in [-0.4, -0.2) is 84.7 Å². The molecule has 4 atom stereocenters. The van der Waals surface area contributed by atoms with Crippen LogP contribution in [-0.2, 0) is 9.53 Å². The highest BCUT2D eigenvalue weighted by molar-refractivity contribution is 5.78. The highest BCUT2D eigenvalue weighted by Crippen LogP contribution is 2.28. The quantitative estimate of drug-likeness (QED) is 0.629. The van der Waals surface area contributed by atoms with Gasteiger partial charge in [-0.15, -0.1) is 0 Å². The molecule has 7 nitrogen and oxygen atoms in total. The summed E-state index contributed by atoms with van der Waals surface area (Å²) in [6.45, 7) is 3.02. The predicted octanol–water partition coefficient (Wildman–Crippen LogP) is 0.743. The molecule has 8 heteroatoms. The number of halogens is 1. The van der Waals surface area contributed by atoms with Crippen molar-refractivity contribution in [3.63, 3.8) is 0 Å². The Morgan fingerprint density at radius 1 is 1.10 bits per heavy atom. The normalized spacial score (nSPS) is 30.7. The molecule has 2 heterocycles. The third-order valence-electron chi connectivity index (χ3n) is 6.77. The number of hydrogen-bond acceptors (Lipinski definition) is 6. The molecule has 30 heavy (non-hydrogen) atoms. The molecule has 0 radical (unpaired) electrons. The SMILES string of the molecule is O=C(NCC1OC(CO)C(O)C1N1CCN(c2ccc(F)cc2)CC1)C1CCCC1. The Labute approximate surface area is 176 Å². The second-order valence-corrected chi connectivity index (χ2v) is 8.60. The largest absolute Gasteiger partial charge is 0.394 e. The maximum atomic E-state index is 13.2. The van der Waals surface area contributed by atoms with Gasteiger partial charge in [-0.1, -0.05) is 12.8 Å². The number of benzene rings is 1. The second kappa shape index (κ2) is 9.60. The number of rotatable bonds is 6. The standard InChI is InChI=1S/C22H32FN3O4/c23-16-5-7-17(8-6-16)25-9-11-26(12-10-25)20-18(30-19(14-27)21(20)28)13-24-22(29)15-3-1-2-4-15/h5-8,15,18-21,27-28H,1-4,9-14H2,(H,24,29). The third kappa shape index (κ3) is 4.61. The Bertz CT molecular complexity index is 705. The number of aliphatic hydroxyl groups is 2. The fraction of sp³-hybridized carbons (Fsp3) is 0.682. The molecule has 2 saturated heterocycles. The van der Waals surface area contributed by atoms with E-state index in [0.29, 0.717) is 19.6 Å². The maximum absolute atomic E-state index is 13.2. The number of carbonyl (C=O) groups excluding carboxylic acids is 1. The van der Waals surface area contributed by atoms with Crippen molar-refractivity contribution in [2.45, 2.75) is 50.0 Å². The number of amides is 1. The summed E-state index contributed by atoms with van der Waals surface area (Å²) in [5.41, 5.74) is 0.980. The fourth-order valence-electron chi connectivity index (χ4n) is 5.06. The minimum Gasteiger partial charge on any atom is -0.394 e. The van der Waals surface area contributed by atoms with E-state index in [9.17, 15) is 19.4 Å². The van der Waals surface area contributed by atoms with Crippen molar-refractivity contribution >= 4 is 11.6 Å². The number of piperazine rings is 1. The van der Waals surface area contributed by atoms with Gasteiger partial charge < -0.3 is 25.2 Å². The van der Waals surface area contributed by atoms with E-state index in [-0.39, 0.29) is 36.4 Å². The predicted molar refractivity (Wildman–Crippen MR) is 111 cm³/mol. The summed E-state index contributed by atoms with van der Waals surface area (Å²) in [5.74, 6) is -0.0956. The van der Waals surface area contributed by atoms with Gasteiger partial charge in [0.25, 0.3) is 0 Å². The van der Waals surface area contributed by atoms with Crippen LogP contribution in [0.4, 0.5) is 10.1 Å². The van der Waals surface area contributed by atoms with Gasteiger partial charge >= 0.3 is 0 Å².